The predicted octanol–water partition coefficient (Wildman–Crippen LogP) is 2.91. The van der Waals surface area contributed by atoms with Crippen LogP contribution in [0.5, 0.6) is 5.75 Å². The highest BCUT2D eigenvalue weighted by Gasteiger charge is 2.08. The second-order valence-electron chi connectivity index (χ2n) is 5.14. The molecule has 0 aliphatic rings. The van der Waals surface area contributed by atoms with E-state index in [4.69, 9.17) is 4.74 Å². The fraction of sp³-hybridized carbons (Fsp3) is 0.176. The number of hydrogen-bond donors (Lipinski definition) is 2. The zero-order valence-electron chi connectivity index (χ0n) is 13.2. The highest BCUT2D eigenvalue weighted by Crippen LogP contribution is 2.18. The summed E-state index contributed by atoms with van der Waals surface area (Å²) in [6.07, 6.45) is 0.957. The van der Waals surface area contributed by atoms with Gasteiger partial charge in [0.05, 0.1) is 6.61 Å². The summed E-state index contributed by atoms with van der Waals surface area (Å²) in [5.74, 6) is 1.10. The molecule has 1 aromatic heterocycles. The zero-order chi connectivity index (χ0) is 16.8. The number of nitrogens with zero attached hydrogens (tertiary/aromatic N) is 3. The Morgan fingerprint density at radius 2 is 1.88 bits per heavy atom. The van der Waals surface area contributed by atoms with E-state index in [9.17, 15) is 4.79 Å². The number of rotatable bonds is 6. The van der Waals surface area contributed by atoms with Crippen LogP contribution in [0.25, 0.3) is 11.4 Å². The molecule has 3 rings (SSSR count). The molecule has 2 N–H and O–H groups in total. The number of aromatic amines is 1. The molecular formula is C17H17N5O2. The molecule has 3 aromatic rings. The van der Waals surface area contributed by atoms with Gasteiger partial charge in [0.15, 0.2) is 0 Å². The number of amides is 1. The average molecular weight is 323 g/mol. The molecule has 0 spiro atoms. The largest absolute Gasteiger partial charge is 0.494 e. The average Bonchev–Trinajstić information content (AvgIpc) is 3.16. The fourth-order valence-electron chi connectivity index (χ4n) is 2.11. The van der Waals surface area contributed by atoms with Crippen molar-refractivity contribution < 1.29 is 9.53 Å². The van der Waals surface area contributed by atoms with Crippen molar-refractivity contribution in [2.75, 3.05) is 11.9 Å². The summed E-state index contributed by atoms with van der Waals surface area (Å²) in [7, 11) is 0. The van der Waals surface area contributed by atoms with E-state index in [0.717, 1.165) is 17.7 Å². The topological polar surface area (TPSA) is 92.8 Å². The predicted molar refractivity (Wildman–Crippen MR) is 89.8 cm³/mol. The van der Waals surface area contributed by atoms with Gasteiger partial charge in [-0.2, -0.15) is 5.21 Å². The minimum atomic E-state index is -0.183. The molecule has 1 heterocycles. The molecule has 0 saturated carbocycles. The van der Waals surface area contributed by atoms with Crippen LogP contribution in [0.3, 0.4) is 0 Å². The minimum Gasteiger partial charge on any atom is -0.494 e. The third kappa shape index (κ3) is 3.75. The number of nitrogens with one attached hydrogen (secondary N) is 2. The molecule has 0 bridgehead atoms. The molecule has 0 radical (unpaired) electrons. The summed E-state index contributed by atoms with van der Waals surface area (Å²) in [6.45, 7) is 2.73. The SMILES string of the molecule is CCCOc1ccc(NC(=O)c2ccc(-c3nn[nH]n3)cc2)cc1. The molecule has 0 unspecified atom stereocenters. The molecule has 122 valence electrons. The number of H-pyrrole nitrogens is 1. The fourth-order valence-corrected chi connectivity index (χ4v) is 2.11. The first-order valence-electron chi connectivity index (χ1n) is 7.64. The minimum absolute atomic E-state index is 0.183. The summed E-state index contributed by atoms with van der Waals surface area (Å²) in [5.41, 5.74) is 2.05. The molecule has 0 saturated heterocycles. The van der Waals surface area contributed by atoms with Gasteiger partial charge in [-0.15, -0.1) is 10.2 Å². The maximum Gasteiger partial charge on any atom is 0.255 e. The Morgan fingerprint density at radius 1 is 1.12 bits per heavy atom. The Hall–Kier alpha value is -3.22. The smallest absolute Gasteiger partial charge is 0.255 e. The van der Waals surface area contributed by atoms with Crippen molar-refractivity contribution in [3.63, 3.8) is 0 Å². The number of ether oxygens (including phenoxy) is 1. The maximum atomic E-state index is 12.3. The first kappa shape index (κ1) is 15.7. The lowest BCUT2D eigenvalue weighted by atomic mass is 10.1. The molecule has 2 aromatic carbocycles. The van der Waals surface area contributed by atoms with E-state index in [1.54, 1.807) is 24.3 Å². The third-order valence-corrected chi connectivity index (χ3v) is 3.34. The molecule has 0 aliphatic heterocycles. The van der Waals surface area contributed by atoms with Gasteiger partial charge in [0.1, 0.15) is 5.75 Å². The standard InChI is InChI=1S/C17H17N5O2/c1-2-11-24-15-9-7-14(8-10-15)18-17(23)13-5-3-12(4-6-13)16-19-21-22-20-16/h3-10H,2,11H2,1H3,(H,18,23)(H,19,20,21,22). The van der Waals surface area contributed by atoms with E-state index in [2.05, 4.69) is 32.9 Å². The van der Waals surface area contributed by atoms with Gasteiger partial charge in [0.2, 0.25) is 5.82 Å². The molecule has 7 nitrogen and oxygen atoms in total. The van der Waals surface area contributed by atoms with Crippen LogP contribution in [0.1, 0.15) is 23.7 Å². The molecule has 0 fully saturated rings. The number of hydrogen-bond acceptors (Lipinski definition) is 5. The van der Waals surface area contributed by atoms with Gasteiger partial charge >= 0.3 is 0 Å². The van der Waals surface area contributed by atoms with Gasteiger partial charge in [-0.05, 0) is 48.0 Å². The summed E-state index contributed by atoms with van der Waals surface area (Å²) in [5, 5.41) is 16.6. The lowest BCUT2D eigenvalue weighted by molar-refractivity contribution is 0.102. The number of benzene rings is 2. The Kier molecular flexibility index (Phi) is 4.81. The summed E-state index contributed by atoms with van der Waals surface area (Å²) in [6, 6.07) is 14.3. The van der Waals surface area contributed by atoms with Gasteiger partial charge in [-0.3, -0.25) is 4.79 Å². The maximum absolute atomic E-state index is 12.3. The van der Waals surface area contributed by atoms with Crippen molar-refractivity contribution in [3.8, 4) is 17.1 Å². The van der Waals surface area contributed by atoms with E-state index in [-0.39, 0.29) is 5.91 Å². The molecular weight excluding hydrogens is 306 g/mol. The van der Waals surface area contributed by atoms with Crippen molar-refractivity contribution >= 4 is 11.6 Å². The van der Waals surface area contributed by atoms with Crippen LogP contribution < -0.4 is 10.1 Å². The van der Waals surface area contributed by atoms with Crippen molar-refractivity contribution in [3.05, 3.63) is 54.1 Å². The monoisotopic (exact) mass is 323 g/mol. The van der Waals surface area contributed by atoms with Gasteiger partial charge in [0, 0.05) is 16.8 Å². The second-order valence-corrected chi connectivity index (χ2v) is 5.14. The molecule has 24 heavy (non-hydrogen) atoms. The molecule has 0 atom stereocenters. The first-order chi connectivity index (χ1) is 11.8. The number of aromatic nitrogens is 4. The molecule has 1 amide bonds. The van der Waals surface area contributed by atoms with E-state index < -0.39 is 0 Å². The normalized spacial score (nSPS) is 10.4. The van der Waals surface area contributed by atoms with Gasteiger partial charge in [0.25, 0.3) is 5.91 Å². The molecule has 0 aliphatic carbocycles. The van der Waals surface area contributed by atoms with Crippen LogP contribution in [0, 0.1) is 0 Å². The first-order valence-corrected chi connectivity index (χ1v) is 7.64. The summed E-state index contributed by atoms with van der Waals surface area (Å²) in [4.78, 5) is 12.3. The van der Waals surface area contributed by atoms with Crippen molar-refractivity contribution in [2.24, 2.45) is 0 Å². The van der Waals surface area contributed by atoms with Crippen LogP contribution in [0.2, 0.25) is 0 Å². The number of tetrazole rings is 1. The quantitative estimate of drug-likeness (QED) is 0.727. The second kappa shape index (κ2) is 7.36. The Labute approximate surface area is 139 Å². The Bertz CT molecular complexity index is 783. The Balaban J connectivity index is 1.64. The number of carbonyl (C=O) groups excluding carboxylic acids is 1. The lowest BCUT2D eigenvalue weighted by Crippen LogP contribution is -2.11. The highest BCUT2D eigenvalue weighted by atomic mass is 16.5. The van der Waals surface area contributed by atoms with Crippen molar-refractivity contribution in [1.82, 2.24) is 20.6 Å². The van der Waals surface area contributed by atoms with E-state index in [1.807, 2.05) is 24.3 Å². The highest BCUT2D eigenvalue weighted by molar-refractivity contribution is 6.04. The van der Waals surface area contributed by atoms with Crippen LogP contribution in [-0.4, -0.2) is 33.1 Å². The lowest BCUT2D eigenvalue weighted by Gasteiger charge is -2.08. The van der Waals surface area contributed by atoms with E-state index in [0.29, 0.717) is 23.7 Å². The Morgan fingerprint density at radius 3 is 2.50 bits per heavy atom. The van der Waals surface area contributed by atoms with Crippen LogP contribution in [0.15, 0.2) is 48.5 Å². The van der Waals surface area contributed by atoms with Crippen molar-refractivity contribution in [1.29, 1.82) is 0 Å². The van der Waals surface area contributed by atoms with Crippen LogP contribution in [0.4, 0.5) is 5.69 Å². The summed E-state index contributed by atoms with van der Waals surface area (Å²) < 4.78 is 5.52. The van der Waals surface area contributed by atoms with Gasteiger partial charge in [-0.1, -0.05) is 19.1 Å². The zero-order valence-corrected chi connectivity index (χ0v) is 13.2. The van der Waals surface area contributed by atoms with Gasteiger partial charge in [-0.25, -0.2) is 0 Å². The summed E-state index contributed by atoms with van der Waals surface area (Å²) >= 11 is 0. The van der Waals surface area contributed by atoms with Crippen LogP contribution in [-0.2, 0) is 0 Å². The van der Waals surface area contributed by atoms with Crippen molar-refractivity contribution in [2.45, 2.75) is 13.3 Å². The molecule has 7 heteroatoms. The third-order valence-electron chi connectivity index (χ3n) is 3.34. The number of carbonyl (C=O) groups is 1. The van der Waals surface area contributed by atoms with E-state index in [1.165, 1.54) is 0 Å². The van der Waals surface area contributed by atoms with Crippen LogP contribution >= 0.6 is 0 Å². The van der Waals surface area contributed by atoms with E-state index >= 15 is 0 Å². The number of anilines is 1. The van der Waals surface area contributed by atoms with Gasteiger partial charge < -0.3 is 10.1 Å².